The number of aliphatic imine (C=N–C) groups is 1. The molecule has 23 heavy (non-hydrogen) atoms. The second kappa shape index (κ2) is 9.02. The summed E-state index contributed by atoms with van der Waals surface area (Å²) >= 11 is 0. The van der Waals surface area contributed by atoms with E-state index in [1.165, 1.54) is 19.3 Å². The van der Waals surface area contributed by atoms with Gasteiger partial charge in [0.1, 0.15) is 5.75 Å². The van der Waals surface area contributed by atoms with Gasteiger partial charge < -0.3 is 21.1 Å². The average Bonchev–Trinajstić information content (AvgIpc) is 2.59. The summed E-state index contributed by atoms with van der Waals surface area (Å²) in [4.78, 5) is 16.3. The standard InChI is InChI=1S/C17H26N4O2/c1-23-15-9-5-6-13(12-15)16(22)19-10-11-20-17(18)21-14-7-3-2-4-8-14/h5-6,9,12,14H,2-4,7-8,10-11H2,1H3,(H,19,22)(H3,18,20,21). The molecule has 0 saturated heterocycles. The van der Waals surface area contributed by atoms with Crippen molar-refractivity contribution in [1.29, 1.82) is 0 Å². The molecule has 1 aliphatic carbocycles. The number of guanidine groups is 1. The Balaban J connectivity index is 1.71. The lowest BCUT2D eigenvalue weighted by Gasteiger charge is -2.23. The highest BCUT2D eigenvalue weighted by molar-refractivity contribution is 5.94. The first-order chi connectivity index (χ1) is 11.2. The zero-order valence-corrected chi connectivity index (χ0v) is 13.7. The Kier molecular flexibility index (Phi) is 6.72. The number of nitrogens with zero attached hydrogens (tertiary/aromatic N) is 1. The first-order valence-corrected chi connectivity index (χ1v) is 8.18. The van der Waals surface area contributed by atoms with Crippen molar-refractivity contribution in [3.05, 3.63) is 29.8 Å². The van der Waals surface area contributed by atoms with Gasteiger partial charge in [0.15, 0.2) is 5.96 Å². The van der Waals surface area contributed by atoms with Crippen LogP contribution in [0.2, 0.25) is 0 Å². The van der Waals surface area contributed by atoms with Gasteiger partial charge in [-0.1, -0.05) is 25.3 Å². The SMILES string of the molecule is COc1cccc(C(=O)NCCN=C(N)NC2CCCCC2)c1. The summed E-state index contributed by atoms with van der Waals surface area (Å²) in [7, 11) is 1.58. The van der Waals surface area contributed by atoms with Gasteiger partial charge in [-0.3, -0.25) is 9.79 Å². The molecule has 6 nitrogen and oxygen atoms in total. The van der Waals surface area contributed by atoms with Crippen LogP contribution >= 0.6 is 0 Å². The van der Waals surface area contributed by atoms with Gasteiger partial charge in [-0.15, -0.1) is 0 Å². The molecule has 0 heterocycles. The predicted octanol–water partition coefficient (Wildman–Crippen LogP) is 1.66. The first-order valence-electron chi connectivity index (χ1n) is 8.18. The monoisotopic (exact) mass is 318 g/mol. The third-order valence-corrected chi connectivity index (χ3v) is 3.97. The quantitative estimate of drug-likeness (QED) is 0.423. The molecular formula is C17H26N4O2. The number of amides is 1. The molecule has 1 aromatic carbocycles. The van der Waals surface area contributed by atoms with Crippen LogP contribution in [0.1, 0.15) is 42.5 Å². The third-order valence-electron chi connectivity index (χ3n) is 3.97. The van der Waals surface area contributed by atoms with Crippen LogP contribution in [-0.2, 0) is 0 Å². The fraction of sp³-hybridized carbons (Fsp3) is 0.529. The molecule has 4 N–H and O–H groups in total. The van der Waals surface area contributed by atoms with E-state index in [4.69, 9.17) is 10.5 Å². The highest BCUT2D eigenvalue weighted by atomic mass is 16.5. The number of hydrogen-bond donors (Lipinski definition) is 3. The maximum absolute atomic E-state index is 12.0. The molecule has 2 rings (SSSR count). The molecule has 1 saturated carbocycles. The molecule has 1 aliphatic rings. The van der Waals surface area contributed by atoms with Crippen molar-refractivity contribution in [2.24, 2.45) is 10.7 Å². The van der Waals surface area contributed by atoms with Crippen molar-refractivity contribution >= 4 is 11.9 Å². The molecule has 126 valence electrons. The summed E-state index contributed by atoms with van der Waals surface area (Å²) < 4.78 is 5.11. The van der Waals surface area contributed by atoms with Crippen molar-refractivity contribution in [3.63, 3.8) is 0 Å². The van der Waals surface area contributed by atoms with Gasteiger partial charge in [0.05, 0.1) is 13.7 Å². The van der Waals surface area contributed by atoms with Crippen LogP contribution in [0.15, 0.2) is 29.3 Å². The van der Waals surface area contributed by atoms with Crippen LogP contribution in [-0.4, -0.2) is 38.1 Å². The highest BCUT2D eigenvalue weighted by Gasteiger charge is 2.13. The number of carbonyl (C=O) groups is 1. The molecule has 0 atom stereocenters. The largest absolute Gasteiger partial charge is 0.497 e. The number of benzene rings is 1. The Bertz CT molecular complexity index is 539. The Labute approximate surface area is 137 Å². The second-order valence-electron chi connectivity index (χ2n) is 5.73. The van der Waals surface area contributed by atoms with E-state index >= 15 is 0 Å². The van der Waals surface area contributed by atoms with Crippen LogP contribution in [0.3, 0.4) is 0 Å². The highest BCUT2D eigenvalue weighted by Crippen LogP contribution is 2.17. The topological polar surface area (TPSA) is 88.7 Å². The Morgan fingerprint density at radius 2 is 2.13 bits per heavy atom. The molecule has 0 aromatic heterocycles. The summed E-state index contributed by atoms with van der Waals surface area (Å²) in [6.07, 6.45) is 6.13. The van der Waals surface area contributed by atoms with E-state index in [1.807, 2.05) is 0 Å². The minimum absolute atomic E-state index is 0.141. The van der Waals surface area contributed by atoms with E-state index in [2.05, 4.69) is 15.6 Å². The number of methoxy groups -OCH3 is 1. The van der Waals surface area contributed by atoms with Crippen LogP contribution in [0.5, 0.6) is 5.75 Å². The van der Waals surface area contributed by atoms with Crippen LogP contribution < -0.4 is 21.1 Å². The van der Waals surface area contributed by atoms with E-state index in [0.29, 0.717) is 36.4 Å². The average molecular weight is 318 g/mol. The van der Waals surface area contributed by atoms with Gasteiger partial charge in [-0.2, -0.15) is 0 Å². The van der Waals surface area contributed by atoms with Gasteiger partial charge in [-0.05, 0) is 31.0 Å². The number of ether oxygens (including phenoxy) is 1. The molecule has 6 heteroatoms. The van der Waals surface area contributed by atoms with Gasteiger partial charge in [0.2, 0.25) is 0 Å². The van der Waals surface area contributed by atoms with Crippen LogP contribution in [0, 0.1) is 0 Å². The lowest BCUT2D eigenvalue weighted by Crippen LogP contribution is -2.41. The predicted molar refractivity (Wildman–Crippen MR) is 91.8 cm³/mol. The fourth-order valence-corrected chi connectivity index (χ4v) is 2.71. The molecule has 0 unspecified atom stereocenters. The summed E-state index contributed by atoms with van der Waals surface area (Å²) in [5, 5.41) is 6.08. The molecule has 0 spiro atoms. The summed E-state index contributed by atoms with van der Waals surface area (Å²) in [5.74, 6) is 0.988. The van der Waals surface area contributed by atoms with Gasteiger partial charge in [0, 0.05) is 18.2 Å². The maximum atomic E-state index is 12.0. The second-order valence-corrected chi connectivity index (χ2v) is 5.73. The molecule has 0 aliphatic heterocycles. The van der Waals surface area contributed by atoms with Crippen molar-refractivity contribution < 1.29 is 9.53 Å². The number of carbonyl (C=O) groups excluding carboxylic acids is 1. The Hall–Kier alpha value is -2.24. The minimum Gasteiger partial charge on any atom is -0.497 e. The number of nitrogens with one attached hydrogen (secondary N) is 2. The zero-order valence-electron chi connectivity index (χ0n) is 13.7. The maximum Gasteiger partial charge on any atom is 0.251 e. The smallest absolute Gasteiger partial charge is 0.251 e. The molecular weight excluding hydrogens is 292 g/mol. The Morgan fingerprint density at radius 3 is 2.87 bits per heavy atom. The van der Waals surface area contributed by atoms with Crippen molar-refractivity contribution in [2.75, 3.05) is 20.2 Å². The lowest BCUT2D eigenvalue weighted by molar-refractivity contribution is 0.0954. The van der Waals surface area contributed by atoms with Crippen molar-refractivity contribution in [3.8, 4) is 5.75 Å². The van der Waals surface area contributed by atoms with E-state index in [1.54, 1.807) is 31.4 Å². The third kappa shape index (κ3) is 5.81. The summed E-state index contributed by atoms with van der Waals surface area (Å²) in [6, 6.07) is 7.49. The fourth-order valence-electron chi connectivity index (χ4n) is 2.71. The normalized spacial score (nSPS) is 16.0. The van der Waals surface area contributed by atoms with E-state index in [0.717, 1.165) is 12.8 Å². The van der Waals surface area contributed by atoms with Gasteiger partial charge in [0.25, 0.3) is 5.91 Å². The molecule has 1 fully saturated rings. The molecule has 0 radical (unpaired) electrons. The zero-order chi connectivity index (χ0) is 16.5. The first kappa shape index (κ1) is 17.1. The van der Waals surface area contributed by atoms with Crippen LogP contribution in [0.4, 0.5) is 0 Å². The number of rotatable bonds is 6. The van der Waals surface area contributed by atoms with E-state index in [-0.39, 0.29) is 5.91 Å². The van der Waals surface area contributed by atoms with Crippen molar-refractivity contribution in [2.45, 2.75) is 38.1 Å². The van der Waals surface area contributed by atoms with Crippen LogP contribution in [0.25, 0.3) is 0 Å². The molecule has 1 amide bonds. The van der Waals surface area contributed by atoms with Crippen molar-refractivity contribution in [1.82, 2.24) is 10.6 Å². The number of hydrogen-bond acceptors (Lipinski definition) is 3. The van der Waals surface area contributed by atoms with Gasteiger partial charge in [-0.25, -0.2) is 0 Å². The van der Waals surface area contributed by atoms with Gasteiger partial charge >= 0.3 is 0 Å². The minimum atomic E-state index is -0.141. The Morgan fingerprint density at radius 1 is 1.35 bits per heavy atom. The van der Waals surface area contributed by atoms with E-state index in [9.17, 15) is 4.79 Å². The van der Waals surface area contributed by atoms with E-state index < -0.39 is 0 Å². The molecule has 1 aromatic rings. The number of nitrogens with two attached hydrogens (primary N) is 1. The summed E-state index contributed by atoms with van der Waals surface area (Å²) in [5.41, 5.74) is 6.45. The lowest BCUT2D eigenvalue weighted by atomic mass is 9.96. The summed E-state index contributed by atoms with van der Waals surface area (Å²) in [6.45, 7) is 0.907. The molecule has 0 bridgehead atoms.